The lowest BCUT2D eigenvalue weighted by Gasteiger charge is -2.58. The maximum absolute atomic E-state index is 6.45. The quantitative estimate of drug-likeness (QED) is 0.631. The minimum absolute atomic E-state index is 0.00584. The van der Waals surface area contributed by atoms with Crippen LogP contribution in [-0.2, 0) is 0 Å². The lowest BCUT2D eigenvalue weighted by molar-refractivity contribution is 0.0280. The molecule has 0 spiro atoms. The highest BCUT2D eigenvalue weighted by Gasteiger charge is 2.57. The van der Waals surface area contributed by atoms with Gasteiger partial charge in [0.05, 0.1) is 0 Å². The van der Waals surface area contributed by atoms with Crippen LogP contribution in [0.25, 0.3) is 0 Å². The predicted molar refractivity (Wildman–Crippen MR) is 99.1 cm³/mol. The Kier molecular flexibility index (Phi) is 4.99. The first-order valence-electron chi connectivity index (χ1n) is 8.35. The van der Waals surface area contributed by atoms with E-state index in [-0.39, 0.29) is 31.6 Å². The monoisotopic (exact) mass is 422 g/mol. The number of alkyl halides is 2. The Labute approximate surface area is 147 Å². The molecule has 4 N–H and O–H groups in total. The maximum atomic E-state index is 6.45. The third kappa shape index (κ3) is 2.88. The fourth-order valence-corrected chi connectivity index (χ4v) is 5.87. The van der Waals surface area contributed by atoms with Crippen LogP contribution in [0.2, 0.25) is 0 Å². The first-order chi connectivity index (χ1) is 9.46. The molecule has 0 heterocycles. The molecule has 2 aliphatic carbocycles. The summed E-state index contributed by atoms with van der Waals surface area (Å²) in [5.41, 5.74) is 13.3. The van der Waals surface area contributed by atoms with Crippen molar-refractivity contribution in [1.82, 2.24) is 0 Å². The largest absolute Gasteiger partial charge is 0.326 e. The summed E-state index contributed by atoms with van der Waals surface area (Å²) in [7, 11) is 0. The third-order valence-corrected chi connectivity index (χ3v) is 10.1. The smallest absolute Gasteiger partial charge is 0.0434 e. The topological polar surface area (TPSA) is 52.0 Å². The van der Waals surface area contributed by atoms with Gasteiger partial charge in [0.2, 0.25) is 0 Å². The second kappa shape index (κ2) is 5.75. The summed E-state index contributed by atoms with van der Waals surface area (Å²) >= 11 is 8.02. The van der Waals surface area contributed by atoms with Gasteiger partial charge in [0.1, 0.15) is 0 Å². The Morgan fingerprint density at radius 2 is 1.14 bits per heavy atom. The maximum Gasteiger partial charge on any atom is 0.0434 e. The Morgan fingerprint density at radius 3 is 1.48 bits per heavy atom. The summed E-state index contributed by atoms with van der Waals surface area (Å²) in [5.74, 6) is 0. The van der Waals surface area contributed by atoms with Gasteiger partial charge in [-0.2, -0.15) is 0 Å². The van der Waals surface area contributed by atoms with Gasteiger partial charge in [0, 0.05) is 20.7 Å². The molecule has 2 saturated carbocycles. The van der Waals surface area contributed by atoms with Gasteiger partial charge in [0.25, 0.3) is 0 Å². The van der Waals surface area contributed by atoms with Gasteiger partial charge in [0.15, 0.2) is 0 Å². The number of rotatable bonds is 2. The van der Waals surface area contributed by atoms with E-state index in [0.29, 0.717) is 0 Å². The van der Waals surface area contributed by atoms with Gasteiger partial charge >= 0.3 is 0 Å². The van der Waals surface area contributed by atoms with Crippen molar-refractivity contribution in [2.24, 2.45) is 22.3 Å². The van der Waals surface area contributed by atoms with Crippen molar-refractivity contribution < 1.29 is 0 Å². The molecule has 0 aromatic carbocycles. The molecule has 124 valence electrons. The van der Waals surface area contributed by atoms with Crippen LogP contribution in [0.3, 0.4) is 0 Å². The van der Waals surface area contributed by atoms with E-state index in [1.165, 1.54) is 32.1 Å². The summed E-state index contributed by atoms with van der Waals surface area (Å²) < 4.78 is 0.0117. The molecule has 21 heavy (non-hydrogen) atoms. The van der Waals surface area contributed by atoms with Gasteiger partial charge in [-0.3, -0.25) is 0 Å². The standard InChI is InChI=1S/C17H32Br2N2/c1-14(9-5-7-12(20)16(14,3)18)11-15(2)10-6-8-13(21)17(15,4)19/h12-13H,5-11,20-21H2,1-4H3. The first-order valence-corrected chi connectivity index (χ1v) is 9.94. The summed E-state index contributed by atoms with van der Waals surface area (Å²) in [6.07, 6.45) is 8.38. The van der Waals surface area contributed by atoms with Gasteiger partial charge in [-0.25, -0.2) is 0 Å². The predicted octanol–water partition coefficient (Wildman–Crippen LogP) is 4.72. The molecule has 4 heteroatoms. The Hall–Kier alpha value is 0.880. The highest BCUT2D eigenvalue weighted by molar-refractivity contribution is 9.10. The average Bonchev–Trinajstić information content (AvgIpc) is 2.34. The SMILES string of the molecule is CC1(CC2(C)CCCC(N)C2(C)Br)CCCC(N)C1(C)Br. The van der Waals surface area contributed by atoms with E-state index >= 15 is 0 Å². The average molecular weight is 424 g/mol. The number of hydrogen-bond donors (Lipinski definition) is 2. The molecule has 0 amide bonds. The zero-order valence-electron chi connectivity index (χ0n) is 14.0. The Bertz CT molecular complexity index is 360. The molecule has 2 nitrogen and oxygen atoms in total. The van der Waals surface area contributed by atoms with E-state index in [1.54, 1.807) is 0 Å². The van der Waals surface area contributed by atoms with Crippen molar-refractivity contribution in [3.05, 3.63) is 0 Å². The molecule has 0 aromatic heterocycles. The van der Waals surface area contributed by atoms with Gasteiger partial charge < -0.3 is 11.5 Å². The van der Waals surface area contributed by atoms with Gasteiger partial charge in [-0.1, -0.05) is 58.5 Å². The van der Waals surface area contributed by atoms with Crippen molar-refractivity contribution >= 4 is 31.9 Å². The van der Waals surface area contributed by atoms with E-state index in [0.717, 1.165) is 12.8 Å². The van der Waals surface area contributed by atoms with Crippen LogP contribution >= 0.6 is 31.9 Å². The normalized spacial score (nSPS) is 55.4. The van der Waals surface area contributed by atoms with Crippen molar-refractivity contribution in [1.29, 1.82) is 0 Å². The highest BCUT2D eigenvalue weighted by Crippen LogP contribution is 2.60. The van der Waals surface area contributed by atoms with Gasteiger partial charge in [-0.15, -0.1) is 0 Å². The molecule has 0 aromatic rings. The van der Waals surface area contributed by atoms with Crippen LogP contribution in [0.15, 0.2) is 0 Å². The fourth-order valence-electron chi connectivity index (χ4n) is 4.73. The molecule has 0 bridgehead atoms. The molecule has 2 rings (SSSR count). The molecule has 2 fully saturated rings. The highest BCUT2D eigenvalue weighted by atomic mass is 79.9. The van der Waals surface area contributed by atoms with Crippen LogP contribution in [0.5, 0.6) is 0 Å². The Balaban J connectivity index is 2.30. The Morgan fingerprint density at radius 1 is 0.810 bits per heavy atom. The van der Waals surface area contributed by atoms with Crippen LogP contribution in [0.1, 0.15) is 72.6 Å². The van der Waals surface area contributed by atoms with Crippen LogP contribution in [0.4, 0.5) is 0 Å². The number of hydrogen-bond acceptors (Lipinski definition) is 2. The first kappa shape index (κ1) is 18.2. The zero-order chi connectivity index (χ0) is 16.1. The molecule has 2 aliphatic rings. The summed E-state index contributed by atoms with van der Waals surface area (Å²) in [5, 5.41) is 0. The van der Waals surface area contributed by atoms with Crippen LogP contribution in [0, 0.1) is 10.8 Å². The minimum Gasteiger partial charge on any atom is -0.326 e. The third-order valence-electron chi connectivity index (χ3n) is 7.02. The molecule has 0 radical (unpaired) electrons. The molecule has 6 unspecified atom stereocenters. The number of halogens is 2. The van der Waals surface area contributed by atoms with E-state index in [9.17, 15) is 0 Å². The number of nitrogens with two attached hydrogens (primary N) is 2. The van der Waals surface area contributed by atoms with Gasteiger partial charge in [-0.05, 0) is 56.8 Å². The van der Waals surface area contributed by atoms with E-state index in [1.807, 2.05) is 0 Å². The van der Waals surface area contributed by atoms with Crippen LogP contribution in [-0.4, -0.2) is 20.7 Å². The second-order valence-corrected chi connectivity index (χ2v) is 11.7. The summed E-state index contributed by atoms with van der Waals surface area (Å²) in [4.78, 5) is 0. The summed E-state index contributed by atoms with van der Waals surface area (Å²) in [6.45, 7) is 9.45. The van der Waals surface area contributed by atoms with E-state index < -0.39 is 0 Å². The van der Waals surface area contributed by atoms with E-state index in [2.05, 4.69) is 59.6 Å². The molecule has 0 aliphatic heterocycles. The molecular weight excluding hydrogens is 392 g/mol. The molecule has 6 atom stereocenters. The molecular formula is C17H32Br2N2. The fraction of sp³-hybridized carbons (Fsp3) is 1.00. The summed E-state index contributed by atoms with van der Waals surface area (Å²) in [6, 6.07) is 0.470. The van der Waals surface area contributed by atoms with Crippen molar-refractivity contribution in [3.63, 3.8) is 0 Å². The molecule has 0 saturated heterocycles. The van der Waals surface area contributed by atoms with Crippen molar-refractivity contribution in [2.75, 3.05) is 0 Å². The zero-order valence-corrected chi connectivity index (χ0v) is 17.2. The lowest BCUT2D eigenvalue weighted by Crippen LogP contribution is -2.61. The van der Waals surface area contributed by atoms with E-state index in [4.69, 9.17) is 11.5 Å². The lowest BCUT2D eigenvalue weighted by atomic mass is 9.54. The van der Waals surface area contributed by atoms with Crippen molar-refractivity contribution in [2.45, 2.75) is 93.4 Å². The second-order valence-electron chi connectivity index (χ2n) is 8.45. The van der Waals surface area contributed by atoms with Crippen LogP contribution < -0.4 is 11.5 Å². The minimum atomic E-state index is 0.00584. The van der Waals surface area contributed by atoms with Crippen molar-refractivity contribution in [3.8, 4) is 0 Å².